The van der Waals surface area contributed by atoms with Crippen molar-refractivity contribution < 1.29 is 17.7 Å². The summed E-state index contributed by atoms with van der Waals surface area (Å²) in [4.78, 5) is 12.3. The van der Waals surface area contributed by atoms with Gasteiger partial charge in [-0.15, -0.1) is 0 Å². The second-order valence-electron chi connectivity index (χ2n) is 6.58. The molecule has 0 spiro atoms. The van der Waals surface area contributed by atoms with Crippen molar-refractivity contribution in [2.45, 2.75) is 26.3 Å². The van der Waals surface area contributed by atoms with Crippen LogP contribution in [-0.4, -0.2) is 36.9 Å². The molecule has 7 nitrogen and oxygen atoms in total. The molecule has 0 bridgehead atoms. The van der Waals surface area contributed by atoms with E-state index in [1.54, 1.807) is 12.1 Å². The first-order chi connectivity index (χ1) is 12.9. The zero-order valence-corrected chi connectivity index (χ0v) is 16.0. The Balaban J connectivity index is 1.50. The van der Waals surface area contributed by atoms with E-state index in [0.717, 1.165) is 11.3 Å². The van der Waals surface area contributed by atoms with Crippen LogP contribution < -0.4 is 5.32 Å². The number of piperidine rings is 1. The third kappa shape index (κ3) is 5.27. The lowest BCUT2D eigenvalue weighted by molar-refractivity contribution is -0.126. The normalized spacial score (nSPS) is 16.6. The van der Waals surface area contributed by atoms with Gasteiger partial charge in [-0.25, -0.2) is 8.42 Å². The zero-order chi connectivity index (χ0) is 19.3. The minimum atomic E-state index is -3.49. The van der Waals surface area contributed by atoms with E-state index in [0.29, 0.717) is 31.7 Å². The molecular formula is C19H23N3O4S. The fraction of sp³-hybridized carbons (Fsp3) is 0.368. The van der Waals surface area contributed by atoms with E-state index in [2.05, 4.69) is 10.5 Å². The number of aryl methyl sites for hydroxylation is 1. The summed E-state index contributed by atoms with van der Waals surface area (Å²) in [5.74, 6) is 0.325. The molecule has 1 aliphatic heterocycles. The topological polar surface area (TPSA) is 92.5 Å². The first-order valence-corrected chi connectivity index (χ1v) is 10.4. The highest BCUT2D eigenvalue weighted by Crippen LogP contribution is 2.21. The molecule has 1 saturated heterocycles. The molecule has 0 saturated carbocycles. The Kier molecular flexibility index (Phi) is 6.08. The monoisotopic (exact) mass is 389 g/mol. The Morgan fingerprint density at radius 3 is 2.63 bits per heavy atom. The van der Waals surface area contributed by atoms with Crippen molar-refractivity contribution in [1.29, 1.82) is 0 Å². The number of amides is 1. The Morgan fingerprint density at radius 2 is 2.00 bits per heavy atom. The number of sulfonamides is 1. The Labute approximate surface area is 159 Å². The molecule has 0 atom stereocenters. The average molecular weight is 389 g/mol. The Bertz CT molecular complexity index is 898. The fourth-order valence-electron chi connectivity index (χ4n) is 3.01. The van der Waals surface area contributed by atoms with Gasteiger partial charge in [0.1, 0.15) is 0 Å². The fourth-order valence-corrected chi connectivity index (χ4v) is 4.23. The predicted octanol–water partition coefficient (Wildman–Crippen LogP) is 2.31. The molecule has 0 unspecified atom stereocenters. The number of carbonyl (C=O) groups is 1. The lowest BCUT2D eigenvalue weighted by atomic mass is 9.97. The maximum atomic E-state index is 12.5. The van der Waals surface area contributed by atoms with Gasteiger partial charge >= 0.3 is 0 Å². The van der Waals surface area contributed by atoms with Crippen LogP contribution in [0.25, 0.3) is 6.08 Å². The van der Waals surface area contributed by atoms with Crippen molar-refractivity contribution in [2.75, 3.05) is 13.1 Å². The number of hydrogen-bond acceptors (Lipinski definition) is 5. The van der Waals surface area contributed by atoms with E-state index in [9.17, 15) is 13.2 Å². The molecule has 8 heteroatoms. The smallest absolute Gasteiger partial charge is 0.236 e. The summed E-state index contributed by atoms with van der Waals surface area (Å²) in [6.45, 7) is 2.77. The van der Waals surface area contributed by atoms with Gasteiger partial charge in [-0.2, -0.15) is 4.31 Å². The van der Waals surface area contributed by atoms with E-state index in [1.165, 1.54) is 9.71 Å². The molecule has 1 N–H and O–H groups in total. The van der Waals surface area contributed by atoms with Crippen LogP contribution in [0.2, 0.25) is 0 Å². The standard InChI is InChI=1S/C19H23N3O4S/c1-15-13-18(26-21-15)14-20-19(23)17-7-10-22(11-8-17)27(24,25)12-9-16-5-3-2-4-6-16/h2-6,9,12-13,17H,7-8,10-11,14H2,1H3,(H,20,23)/b12-9+. The van der Waals surface area contributed by atoms with Crippen molar-refractivity contribution in [1.82, 2.24) is 14.8 Å². The SMILES string of the molecule is Cc1cc(CNC(=O)C2CCN(S(=O)(=O)/C=C/c3ccccc3)CC2)on1. The summed E-state index contributed by atoms with van der Waals surface area (Å²) in [7, 11) is -3.49. The van der Waals surface area contributed by atoms with Gasteiger partial charge in [0.15, 0.2) is 5.76 Å². The van der Waals surface area contributed by atoms with E-state index in [4.69, 9.17) is 4.52 Å². The van der Waals surface area contributed by atoms with Gasteiger partial charge in [0.25, 0.3) is 0 Å². The van der Waals surface area contributed by atoms with Gasteiger partial charge in [-0.1, -0.05) is 35.5 Å². The summed E-state index contributed by atoms with van der Waals surface area (Å²) < 4.78 is 31.4. The van der Waals surface area contributed by atoms with Crippen molar-refractivity contribution in [2.24, 2.45) is 5.92 Å². The summed E-state index contributed by atoms with van der Waals surface area (Å²) in [6.07, 6.45) is 2.59. The van der Waals surface area contributed by atoms with E-state index < -0.39 is 10.0 Å². The van der Waals surface area contributed by atoms with Crippen LogP contribution in [0.15, 0.2) is 46.3 Å². The summed E-state index contributed by atoms with van der Waals surface area (Å²) in [5, 5.41) is 7.84. The molecule has 3 rings (SSSR count). The molecule has 0 radical (unpaired) electrons. The quantitative estimate of drug-likeness (QED) is 0.818. The van der Waals surface area contributed by atoms with E-state index in [1.807, 2.05) is 37.3 Å². The summed E-state index contributed by atoms with van der Waals surface area (Å²) >= 11 is 0. The highest BCUT2D eigenvalue weighted by atomic mass is 32.2. The van der Waals surface area contributed by atoms with Crippen LogP contribution in [0.5, 0.6) is 0 Å². The number of nitrogens with zero attached hydrogens (tertiary/aromatic N) is 2. The van der Waals surface area contributed by atoms with E-state index >= 15 is 0 Å². The van der Waals surface area contributed by atoms with Crippen molar-refractivity contribution in [3.8, 4) is 0 Å². The molecule has 2 aromatic rings. The van der Waals surface area contributed by atoms with Crippen molar-refractivity contribution in [3.63, 3.8) is 0 Å². The van der Waals surface area contributed by atoms with Crippen LogP contribution in [0.1, 0.15) is 29.9 Å². The maximum absolute atomic E-state index is 12.5. The number of nitrogens with one attached hydrogen (secondary N) is 1. The average Bonchev–Trinajstić information content (AvgIpc) is 3.11. The molecule has 1 fully saturated rings. The number of aromatic nitrogens is 1. The first-order valence-electron chi connectivity index (χ1n) is 8.87. The number of benzene rings is 1. The largest absolute Gasteiger partial charge is 0.359 e. The molecule has 1 aromatic heterocycles. The lowest BCUT2D eigenvalue weighted by Gasteiger charge is -2.29. The Morgan fingerprint density at radius 1 is 1.30 bits per heavy atom. The van der Waals surface area contributed by atoms with Crippen molar-refractivity contribution in [3.05, 3.63) is 58.8 Å². The Hall–Kier alpha value is -2.45. The van der Waals surface area contributed by atoms with E-state index in [-0.39, 0.29) is 18.4 Å². The van der Waals surface area contributed by atoms with Crippen LogP contribution in [0.3, 0.4) is 0 Å². The first kappa shape index (κ1) is 19.3. The van der Waals surface area contributed by atoms with Gasteiger partial charge in [-0.05, 0) is 31.4 Å². The molecule has 1 aliphatic rings. The van der Waals surface area contributed by atoms with Gasteiger partial charge in [-0.3, -0.25) is 4.79 Å². The zero-order valence-electron chi connectivity index (χ0n) is 15.2. The molecular weight excluding hydrogens is 366 g/mol. The summed E-state index contributed by atoms with van der Waals surface area (Å²) in [5.41, 5.74) is 1.60. The van der Waals surface area contributed by atoms with Crippen molar-refractivity contribution >= 4 is 22.0 Å². The molecule has 1 aromatic carbocycles. The second kappa shape index (κ2) is 8.49. The molecule has 0 aliphatic carbocycles. The number of hydrogen-bond donors (Lipinski definition) is 1. The second-order valence-corrected chi connectivity index (χ2v) is 8.40. The summed E-state index contributed by atoms with van der Waals surface area (Å²) in [6, 6.07) is 11.1. The number of rotatable bonds is 6. The third-order valence-corrected chi connectivity index (χ3v) is 6.10. The molecule has 144 valence electrons. The predicted molar refractivity (Wildman–Crippen MR) is 102 cm³/mol. The molecule has 2 heterocycles. The molecule has 27 heavy (non-hydrogen) atoms. The number of carbonyl (C=O) groups excluding carboxylic acids is 1. The van der Waals surface area contributed by atoms with Gasteiger partial charge < -0.3 is 9.84 Å². The van der Waals surface area contributed by atoms with Crippen LogP contribution >= 0.6 is 0 Å². The van der Waals surface area contributed by atoms with Crippen LogP contribution in [-0.2, 0) is 21.4 Å². The minimum absolute atomic E-state index is 0.0825. The molecule has 1 amide bonds. The highest BCUT2D eigenvalue weighted by molar-refractivity contribution is 7.92. The maximum Gasteiger partial charge on any atom is 0.236 e. The van der Waals surface area contributed by atoms with Gasteiger partial charge in [0, 0.05) is 30.5 Å². The van der Waals surface area contributed by atoms with Crippen LogP contribution in [0.4, 0.5) is 0 Å². The van der Waals surface area contributed by atoms with Gasteiger partial charge in [0.05, 0.1) is 12.2 Å². The third-order valence-electron chi connectivity index (χ3n) is 4.53. The lowest BCUT2D eigenvalue weighted by Crippen LogP contribution is -2.42. The highest BCUT2D eigenvalue weighted by Gasteiger charge is 2.29. The van der Waals surface area contributed by atoms with Crippen LogP contribution in [0, 0.1) is 12.8 Å². The van der Waals surface area contributed by atoms with Gasteiger partial charge in [0.2, 0.25) is 15.9 Å². The minimum Gasteiger partial charge on any atom is -0.359 e.